The van der Waals surface area contributed by atoms with Crippen LogP contribution in [0.2, 0.25) is 10.3 Å². The Balaban J connectivity index is 2.27. The SMILES string of the molecule is O=C(Nc1c(Cl)ncnc1Cl)c1cccc(I)c1. The van der Waals surface area contributed by atoms with Crippen LogP contribution in [-0.2, 0) is 0 Å². The largest absolute Gasteiger partial charge is 0.317 e. The fourth-order valence-corrected chi connectivity index (χ4v) is 2.22. The summed E-state index contributed by atoms with van der Waals surface area (Å²) < 4.78 is 0.960. The highest BCUT2D eigenvalue weighted by molar-refractivity contribution is 14.1. The van der Waals surface area contributed by atoms with E-state index >= 15 is 0 Å². The first-order chi connectivity index (χ1) is 8.58. The number of hydrogen-bond acceptors (Lipinski definition) is 3. The summed E-state index contributed by atoms with van der Waals surface area (Å²) in [5.41, 5.74) is 0.725. The molecule has 0 fully saturated rings. The van der Waals surface area contributed by atoms with Crippen molar-refractivity contribution in [1.29, 1.82) is 0 Å². The standard InChI is InChI=1S/C11H6Cl2IN3O/c12-9-8(10(13)16-5-15-9)17-11(18)6-2-1-3-7(14)4-6/h1-5H,(H,17,18). The van der Waals surface area contributed by atoms with Crippen molar-refractivity contribution in [1.82, 2.24) is 9.97 Å². The minimum atomic E-state index is -0.313. The molecule has 2 aromatic rings. The Morgan fingerprint density at radius 2 is 1.89 bits per heavy atom. The summed E-state index contributed by atoms with van der Waals surface area (Å²) >= 11 is 13.8. The monoisotopic (exact) mass is 393 g/mol. The number of halogens is 3. The van der Waals surface area contributed by atoms with Crippen LogP contribution in [-0.4, -0.2) is 15.9 Å². The zero-order chi connectivity index (χ0) is 13.1. The highest BCUT2D eigenvalue weighted by Crippen LogP contribution is 2.26. The number of carbonyl (C=O) groups is 1. The van der Waals surface area contributed by atoms with Gasteiger partial charge in [0.15, 0.2) is 10.3 Å². The van der Waals surface area contributed by atoms with Crippen molar-refractivity contribution in [3.63, 3.8) is 0 Å². The summed E-state index contributed by atoms with van der Waals surface area (Å²) in [4.78, 5) is 19.5. The Labute approximate surface area is 127 Å². The van der Waals surface area contributed by atoms with Gasteiger partial charge in [-0.2, -0.15) is 0 Å². The molecule has 0 bridgehead atoms. The van der Waals surface area contributed by atoms with Gasteiger partial charge in [0.2, 0.25) is 0 Å². The first kappa shape index (κ1) is 13.5. The Bertz CT molecular complexity index is 586. The Morgan fingerprint density at radius 3 is 2.50 bits per heavy atom. The lowest BCUT2D eigenvalue weighted by atomic mass is 10.2. The van der Waals surface area contributed by atoms with Crippen molar-refractivity contribution in [2.24, 2.45) is 0 Å². The Kier molecular flexibility index (Phi) is 4.36. The van der Waals surface area contributed by atoms with Crippen molar-refractivity contribution in [3.05, 3.63) is 50.0 Å². The fraction of sp³-hybridized carbons (Fsp3) is 0. The van der Waals surface area contributed by atoms with Gasteiger partial charge >= 0.3 is 0 Å². The van der Waals surface area contributed by atoms with Gasteiger partial charge in [0.1, 0.15) is 12.0 Å². The minimum absolute atomic E-state index is 0.106. The van der Waals surface area contributed by atoms with E-state index in [1.807, 2.05) is 6.07 Å². The summed E-state index contributed by atoms with van der Waals surface area (Å²) in [5, 5.41) is 2.80. The van der Waals surface area contributed by atoms with Crippen LogP contribution in [0.5, 0.6) is 0 Å². The molecule has 0 aliphatic heterocycles. The van der Waals surface area contributed by atoms with Crippen LogP contribution >= 0.6 is 45.8 Å². The van der Waals surface area contributed by atoms with Crippen molar-refractivity contribution in [3.8, 4) is 0 Å². The summed E-state index contributed by atoms with van der Waals surface area (Å²) in [6.07, 6.45) is 1.23. The molecule has 7 heteroatoms. The molecule has 1 aromatic heterocycles. The van der Waals surface area contributed by atoms with Gasteiger partial charge in [-0.1, -0.05) is 29.3 Å². The second-order valence-corrected chi connectivity index (χ2v) is 5.26. The molecular formula is C11H6Cl2IN3O. The summed E-state index contributed by atoms with van der Waals surface area (Å²) in [7, 11) is 0. The van der Waals surface area contributed by atoms with Gasteiger partial charge in [-0.25, -0.2) is 9.97 Å². The Hall–Kier alpha value is -0.920. The topological polar surface area (TPSA) is 54.9 Å². The van der Waals surface area contributed by atoms with E-state index in [1.54, 1.807) is 18.2 Å². The summed E-state index contributed by atoms with van der Waals surface area (Å²) in [6, 6.07) is 7.13. The predicted octanol–water partition coefficient (Wildman–Crippen LogP) is 3.64. The molecular weight excluding hydrogens is 388 g/mol. The number of benzene rings is 1. The number of amides is 1. The molecule has 0 saturated heterocycles. The van der Waals surface area contributed by atoms with Gasteiger partial charge in [0, 0.05) is 9.13 Å². The smallest absolute Gasteiger partial charge is 0.255 e. The third-order valence-electron chi connectivity index (χ3n) is 2.08. The molecule has 0 spiro atoms. The van der Waals surface area contributed by atoms with Crippen LogP contribution in [0.4, 0.5) is 5.69 Å². The molecule has 0 unspecified atom stereocenters. The van der Waals surface area contributed by atoms with E-state index in [0.29, 0.717) is 5.56 Å². The number of rotatable bonds is 2. The predicted molar refractivity (Wildman–Crippen MR) is 79.2 cm³/mol. The van der Waals surface area contributed by atoms with Gasteiger partial charge < -0.3 is 5.32 Å². The number of carbonyl (C=O) groups excluding carboxylic acids is 1. The minimum Gasteiger partial charge on any atom is -0.317 e. The molecule has 1 heterocycles. The van der Waals surface area contributed by atoms with E-state index in [2.05, 4.69) is 37.9 Å². The lowest BCUT2D eigenvalue weighted by Gasteiger charge is -2.07. The van der Waals surface area contributed by atoms with Gasteiger partial charge in [0.25, 0.3) is 5.91 Å². The molecule has 0 saturated carbocycles. The van der Waals surface area contributed by atoms with E-state index in [4.69, 9.17) is 23.2 Å². The summed E-state index contributed by atoms with van der Waals surface area (Å²) in [6.45, 7) is 0. The van der Waals surface area contributed by atoms with E-state index in [1.165, 1.54) is 6.33 Å². The molecule has 4 nitrogen and oxygen atoms in total. The number of aromatic nitrogens is 2. The maximum Gasteiger partial charge on any atom is 0.255 e. The molecule has 92 valence electrons. The van der Waals surface area contributed by atoms with E-state index < -0.39 is 0 Å². The lowest BCUT2D eigenvalue weighted by Crippen LogP contribution is -2.13. The average molecular weight is 394 g/mol. The first-order valence-corrected chi connectivity index (χ1v) is 6.64. The zero-order valence-corrected chi connectivity index (χ0v) is 12.5. The van der Waals surface area contributed by atoms with E-state index in [-0.39, 0.29) is 21.9 Å². The maximum atomic E-state index is 12.0. The van der Waals surface area contributed by atoms with Crippen molar-refractivity contribution in [2.45, 2.75) is 0 Å². The molecule has 1 amide bonds. The van der Waals surface area contributed by atoms with Crippen molar-refractivity contribution < 1.29 is 4.79 Å². The van der Waals surface area contributed by atoms with Gasteiger partial charge in [0.05, 0.1) is 0 Å². The number of nitrogens with zero attached hydrogens (tertiary/aromatic N) is 2. The number of nitrogens with one attached hydrogen (secondary N) is 1. The first-order valence-electron chi connectivity index (χ1n) is 4.81. The molecule has 0 aliphatic carbocycles. The van der Waals surface area contributed by atoms with Crippen molar-refractivity contribution >= 4 is 57.4 Å². The summed E-state index contributed by atoms with van der Waals surface area (Å²) in [5.74, 6) is -0.313. The molecule has 0 atom stereocenters. The second kappa shape index (κ2) is 5.81. The third kappa shape index (κ3) is 3.09. The van der Waals surface area contributed by atoms with Crippen LogP contribution in [0.3, 0.4) is 0 Å². The molecule has 0 radical (unpaired) electrons. The highest BCUT2D eigenvalue weighted by atomic mass is 127. The molecule has 1 N–H and O–H groups in total. The molecule has 2 rings (SSSR count). The Morgan fingerprint density at radius 1 is 1.22 bits per heavy atom. The highest BCUT2D eigenvalue weighted by Gasteiger charge is 2.13. The van der Waals surface area contributed by atoms with Crippen LogP contribution in [0.25, 0.3) is 0 Å². The van der Waals surface area contributed by atoms with Crippen LogP contribution in [0.15, 0.2) is 30.6 Å². The fourth-order valence-electron chi connectivity index (χ4n) is 1.26. The molecule has 1 aromatic carbocycles. The number of hydrogen-bond donors (Lipinski definition) is 1. The molecule has 0 aliphatic rings. The van der Waals surface area contributed by atoms with Gasteiger partial charge in [-0.05, 0) is 40.8 Å². The third-order valence-corrected chi connectivity index (χ3v) is 3.32. The second-order valence-electron chi connectivity index (χ2n) is 3.29. The van der Waals surface area contributed by atoms with E-state index in [9.17, 15) is 4.79 Å². The van der Waals surface area contributed by atoms with Gasteiger partial charge in [-0.15, -0.1) is 0 Å². The van der Waals surface area contributed by atoms with Crippen molar-refractivity contribution in [2.75, 3.05) is 5.32 Å². The van der Waals surface area contributed by atoms with Crippen LogP contribution in [0, 0.1) is 3.57 Å². The molecule has 18 heavy (non-hydrogen) atoms. The lowest BCUT2D eigenvalue weighted by molar-refractivity contribution is 0.102. The van der Waals surface area contributed by atoms with Gasteiger partial charge in [-0.3, -0.25) is 4.79 Å². The zero-order valence-electron chi connectivity index (χ0n) is 8.82. The quantitative estimate of drug-likeness (QED) is 0.626. The normalized spacial score (nSPS) is 10.2. The van der Waals surface area contributed by atoms with Crippen LogP contribution in [0.1, 0.15) is 10.4 Å². The average Bonchev–Trinajstić information content (AvgIpc) is 2.34. The van der Waals surface area contributed by atoms with Crippen LogP contribution < -0.4 is 5.32 Å². The van der Waals surface area contributed by atoms with E-state index in [0.717, 1.165) is 3.57 Å². The maximum absolute atomic E-state index is 12.0. The number of anilines is 1.